The largest absolute Gasteiger partial charge is 0.445 e. The fraction of sp³-hybridized carbons (Fsp3) is 0.680. The number of ether oxygens (including phenoxy) is 2. The van der Waals surface area contributed by atoms with Crippen LogP contribution in [0.25, 0.3) is 0 Å². The molecule has 1 aromatic rings. The minimum atomic E-state index is -0.434. The van der Waals surface area contributed by atoms with Crippen LogP contribution in [0.4, 0.5) is 9.59 Å². The first-order valence-electron chi connectivity index (χ1n) is 11.9. The van der Waals surface area contributed by atoms with Crippen LogP contribution in [0.1, 0.15) is 58.4 Å². The molecule has 2 fully saturated rings. The second-order valence-electron chi connectivity index (χ2n) is 10.1. The van der Waals surface area contributed by atoms with Crippen LogP contribution < -0.4 is 10.6 Å². The predicted molar refractivity (Wildman–Crippen MR) is 124 cm³/mol. The Kier molecular flexibility index (Phi) is 8.79. The fourth-order valence-corrected chi connectivity index (χ4v) is 4.29. The van der Waals surface area contributed by atoms with Gasteiger partial charge in [0.25, 0.3) is 0 Å². The Morgan fingerprint density at radius 2 is 1.75 bits per heavy atom. The number of carbonyl (C=O) groups excluding carboxylic acids is 2. The maximum absolute atomic E-state index is 12.1. The summed E-state index contributed by atoms with van der Waals surface area (Å²) in [6.45, 7) is 9.59. The molecule has 7 nitrogen and oxygen atoms in total. The van der Waals surface area contributed by atoms with Gasteiger partial charge in [0.05, 0.1) is 0 Å². The highest BCUT2D eigenvalue weighted by molar-refractivity contribution is 5.68. The lowest BCUT2D eigenvalue weighted by atomic mass is 9.80. The number of benzene rings is 1. The zero-order valence-electron chi connectivity index (χ0n) is 19.8. The molecule has 1 aliphatic carbocycles. The van der Waals surface area contributed by atoms with Gasteiger partial charge in [-0.05, 0) is 83.4 Å². The number of nitrogens with zero attached hydrogens (tertiary/aromatic N) is 1. The molecular weight excluding hydrogens is 406 g/mol. The summed E-state index contributed by atoms with van der Waals surface area (Å²) in [5.74, 6) is 1.28. The van der Waals surface area contributed by atoms with Crippen molar-refractivity contribution in [3.8, 4) is 0 Å². The van der Waals surface area contributed by atoms with Crippen LogP contribution in [-0.2, 0) is 16.1 Å². The number of likely N-dealkylation sites (tertiary alicyclic amines) is 1. The van der Waals surface area contributed by atoms with Crippen LogP contribution in [0.3, 0.4) is 0 Å². The Balaban J connectivity index is 1.18. The van der Waals surface area contributed by atoms with Crippen molar-refractivity contribution in [2.45, 2.75) is 71.1 Å². The van der Waals surface area contributed by atoms with Crippen LogP contribution in [-0.4, -0.2) is 54.9 Å². The maximum atomic E-state index is 12.1. The van der Waals surface area contributed by atoms with Gasteiger partial charge in [0.2, 0.25) is 0 Å². The van der Waals surface area contributed by atoms with E-state index in [9.17, 15) is 9.59 Å². The van der Waals surface area contributed by atoms with Crippen molar-refractivity contribution in [1.29, 1.82) is 0 Å². The van der Waals surface area contributed by atoms with Crippen LogP contribution in [0.5, 0.6) is 0 Å². The van der Waals surface area contributed by atoms with Gasteiger partial charge in [-0.1, -0.05) is 30.3 Å². The van der Waals surface area contributed by atoms with E-state index in [2.05, 4.69) is 10.6 Å². The highest BCUT2D eigenvalue weighted by Crippen LogP contribution is 2.27. The van der Waals surface area contributed by atoms with Gasteiger partial charge in [-0.2, -0.15) is 0 Å². The molecule has 1 aromatic carbocycles. The van der Waals surface area contributed by atoms with Crippen molar-refractivity contribution in [3.05, 3.63) is 35.9 Å². The molecule has 0 aromatic heterocycles. The average molecular weight is 446 g/mol. The number of amides is 2. The molecule has 1 aliphatic heterocycles. The molecule has 178 valence electrons. The third-order valence-electron chi connectivity index (χ3n) is 6.20. The van der Waals surface area contributed by atoms with Crippen molar-refractivity contribution >= 4 is 12.2 Å². The number of rotatable bonds is 8. The van der Waals surface area contributed by atoms with E-state index in [0.29, 0.717) is 18.4 Å². The first-order chi connectivity index (χ1) is 15.3. The molecule has 1 saturated carbocycles. The molecule has 1 heterocycles. The molecule has 0 bridgehead atoms. The van der Waals surface area contributed by atoms with Gasteiger partial charge in [0, 0.05) is 19.1 Å². The fourth-order valence-electron chi connectivity index (χ4n) is 4.29. The molecule has 1 saturated heterocycles. The number of nitrogens with one attached hydrogen (secondary N) is 2. The minimum Gasteiger partial charge on any atom is -0.445 e. The first-order valence-corrected chi connectivity index (χ1v) is 11.9. The summed E-state index contributed by atoms with van der Waals surface area (Å²) >= 11 is 0. The molecule has 2 N–H and O–H groups in total. The Bertz CT molecular complexity index is 720. The number of piperidine rings is 1. The standard InChI is InChI=1S/C25H39N3O4/c1-25(2,3)32-24(30)28-13-10-19(11-14-28)9-12-26-17-21-15-22(16-21)27-23(29)31-18-20-7-5-4-6-8-20/h4-8,19,21-22,26H,9-18H2,1-3H3,(H,27,29). The number of carbonyl (C=O) groups is 2. The van der Waals surface area contributed by atoms with Crippen molar-refractivity contribution in [2.24, 2.45) is 11.8 Å². The number of alkyl carbamates (subject to hydrolysis) is 1. The molecule has 7 heteroatoms. The zero-order chi connectivity index (χ0) is 23.0. The van der Waals surface area contributed by atoms with Crippen LogP contribution in [0.2, 0.25) is 0 Å². The third kappa shape index (κ3) is 8.34. The molecule has 2 aliphatic rings. The summed E-state index contributed by atoms with van der Waals surface area (Å²) in [5, 5.41) is 6.53. The quantitative estimate of drug-likeness (QED) is 0.583. The normalized spacial score (nSPS) is 21.5. The molecule has 0 radical (unpaired) electrons. The van der Waals surface area contributed by atoms with Crippen LogP contribution >= 0.6 is 0 Å². The van der Waals surface area contributed by atoms with Gasteiger partial charge in [-0.25, -0.2) is 9.59 Å². The molecular formula is C25H39N3O4. The summed E-state index contributed by atoms with van der Waals surface area (Å²) in [5.41, 5.74) is 0.560. The Morgan fingerprint density at radius 3 is 2.41 bits per heavy atom. The van der Waals surface area contributed by atoms with E-state index in [1.807, 2.05) is 56.0 Å². The highest BCUT2D eigenvalue weighted by Gasteiger charge is 2.30. The summed E-state index contributed by atoms with van der Waals surface area (Å²) in [4.78, 5) is 25.9. The van der Waals surface area contributed by atoms with E-state index >= 15 is 0 Å². The van der Waals surface area contributed by atoms with E-state index in [1.165, 1.54) is 0 Å². The zero-order valence-corrected chi connectivity index (χ0v) is 19.8. The summed E-state index contributed by atoms with van der Waals surface area (Å²) in [6.07, 6.45) is 4.71. The van der Waals surface area contributed by atoms with E-state index in [1.54, 1.807) is 0 Å². The molecule has 0 unspecified atom stereocenters. The second-order valence-corrected chi connectivity index (χ2v) is 10.1. The van der Waals surface area contributed by atoms with Gasteiger partial charge in [0.1, 0.15) is 12.2 Å². The van der Waals surface area contributed by atoms with Crippen molar-refractivity contribution in [1.82, 2.24) is 15.5 Å². The maximum Gasteiger partial charge on any atom is 0.410 e. The highest BCUT2D eigenvalue weighted by atomic mass is 16.6. The molecule has 0 spiro atoms. The van der Waals surface area contributed by atoms with Gasteiger partial charge in [-0.3, -0.25) is 0 Å². The van der Waals surface area contributed by atoms with E-state index in [0.717, 1.165) is 63.8 Å². The van der Waals surface area contributed by atoms with Crippen LogP contribution in [0.15, 0.2) is 30.3 Å². The van der Waals surface area contributed by atoms with E-state index in [4.69, 9.17) is 9.47 Å². The lowest BCUT2D eigenvalue weighted by Crippen LogP contribution is -2.47. The lowest BCUT2D eigenvalue weighted by Gasteiger charge is -2.36. The van der Waals surface area contributed by atoms with E-state index in [-0.39, 0.29) is 18.2 Å². The summed E-state index contributed by atoms with van der Waals surface area (Å²) < 4.78 is 10.7. The Morgan fingerprint density at radius 1 is 1.06 bits per heavy atom. The second kappa shape index (κ2) is 11.5. The smallest absolute Gasteiger partial charge is 0.410 e. The SMILES string of the molecule is CC(C)(C)OC(=O)N1CCC(CCNCC2CC(NC(=O)OCc3ccccc3)C2)CC1. The summed E-state index contributed by atoms with van der Waals surface area (Å²) in [7, 11) is 0. The third-order valence-corrected chi connectivity index (χ3v) is 6.20. The summed E-state index contributed by atoms with van der Waals surface area (Å²) in [6, 6.07) is 9.94. The van der Waals surface area contributed by atoms with Crippen molar-refractivity contribution in [3.63, 3.8) is 0 Å². The van der Waals surface area contributed by atoms with Gasteiger partial charge in [-0.15, -0.1) is 0 Å². The minimum absolute atomic E-state index is 0.189. The van der Waals surface area contributed by atoms with Crippen molar-refractivity contribution in [2.75, 3.05) is 26.2 Å². The molecule has 3 rings (SSSR count). The number of hydrogen-bond donors (Lipinski definition) is 2. The molecule has 2 amide bonds. The Labute approximate surface area is 192 Å². The Hall–Kier alpha value is -2.28. The lowest BCUT2D eigenvalue weighted by molar-refractivity contribution is 0.0181. The topological polar surface area (TPSA) is 79.9 Å². The van der Waals surface area contributed by atoms with Crippen LogP contribution in [0, 0.1) is 11.8 Å². The van der Waals surface area contributed by atoms with Crippen molar-refractivity contribution < 1.29 is 19.1 Å². The number of hydrogen-bond acceptors (Lipinski definition) is 5. The van der Waals surface area contributed by atoms with Gasteiger partial charge in [0.15, 0.2) is 0 Å². The predicted octanol–water partition coefficient (Wildman–Crippen LogP) is 4.32. The molecule has 32 heavy (non-hydrogen) atoms. The van der Waals surface area contributed by atoms with Gasteiger partial charge >= 0.3 is 12.2 Å². The van der Waals surface area contributed by atoms with E-state index < -0.39 is 5.60 Å². The van der Waals surface area contributed by atoms with Gasteiger partial charge < -0.3 is 25.0 Å². The monoisotopic (exact) mass is 445 g/mol. The first kappa shape index (κ1) is 24.4. The molecule has 0 atom stereocenters. The average Bonchev–Trinajstić information content (AvgIpc) is 2.73.